The second-order valence-electron chi connectivity index (χ2n) is 11.1. The van der Waals surface area contributed by atoms with Crippen molar-refractivity contribution in [1.29, 1.82) is 5.41 Å². The predicted octanol–water partition coefficient (Wildman–Crippen LogP) is 7.51. The van der Waals surface area contributed by atoms with Crippen LogP contribution >= 0.6 is 11.3 Å². The van der Waals surface area contributed by atoms with E-state index in [0.717, 1.165) is 66.0 Å². The fraction of sp³-hybridized carbons (Fsp3) is 0.382. The Morgan fingerprint density at radius 2 is 1.65 bits per heavy atom. The zero-order valence-corrected chi connectivity index (χ0v) is 25.6. The first-order chi connectivity index (χ1) is 21.1. The van der Waals surface area contributed by atoms with Crippen LogP contribution in [0.2, 0.25) is 0 Å². The Bertz CT molecular complexity index is 1420. The first-order valence-corrected chi connectivity index (χ1v) is 16.0. The van der Waals surface area contributed by atoms with Gasteiger partial charge >= 0.3 is 0 Å². The van der Waals surface area contributed by atoms with E-state index in [1.807, 2.05) is 35.3 Å². The number of rotatable bonds is 15. The molecule has 2 aromatic heterocycles. The van der Waals surface area contributed by atoms with Crippen LogP contribution in [0.1, 0.15) is 60.9 Å². The van der Waals surface area contributed by atoms with Crippen molar-refractivity contribution < 1.29 is 14.7 Å². The van der Waals surface area contributed by atoms with Gasteiger partial charge in [-0.3, -0.25) is 21.1 Å². The highest BCUT2D eigenvalue weighted by molar-refractivity contribution is 7.16. The van der Waals surface area contributed by atoms with Crippen LogP contribution in [0.4, 0.5) is 5.13 Å². The van der Waals surface area contributed by atoms with E-state index in [1.165, 1.54) is 36.1 Å². The van der Waals surface area contributed by atoms with E-state index in [4.69, 9.17) is 25.1 Å². The number of hydrogen-bond acceptors (Lipinski definition) is 8. The summed E-state index contributed by atoms with van der Waals surface area (Å²) in [5.74, 6) is 2.35. The van der Waals surface area contributed by atoms with Gasteiger partial charge in [-0.25, -0.2) is 4.98 Å². The number of pyridine rings is 1. The molecule has 4 aromatic rings. The maximum Gasteiger partial charge on any atom is 0.186 e. The van der Waals surface area contributed by atoms with E-state index in [9.17, 15) is 0 Å². The molecule has 2 aromatic carbocycles. The van der Waals surface area contributed by atoms with E-state index in [2.05, 4.69) is 47.3 Å². The van der Waals surface area contributed by atoms with Gasteiger partial charge in [0.1, 0.15) is 17.3 Å². The van der Waals surface area contributed by atoms with Gasteiger partial charge in [-0.1, -0.05) is 31.7 Å². The number of nitrogens with zero attached hydrogens (tertiary/aromatic N) is 3. The number of hydroxylamine groups is 1. The maximum atomic E-state index is 8.82. The molecule has 0 spiro atoms. The van der Waals surface area contributed by atoms with E-state index in [0.29, 0.717) is 18.8 Å². The molecule has 5 rings (SSSR count). The number of aromatic nitrogens is 2. The van der Waals surface area contributed by atoms with Crippen LogP contribution in [0, 0.1) is 11.3 Å². The molecule has 8 nitrogen and oxygen atoms in total. The number of unbranched alkanes of at least 4 members (excludes halogenated alkanes) is 2. The summed E-state index contributed by atoms with van der Waals surface area (Å²) in [5, 5.41) is 17.4. The third kappa shape index (κ3) is 8.78. The summed E-state index contributed by atoms with van der Waals surface area (Å²) in [6.45, 7) is 2.07. The summed E-state index contributed by atoms with van der Waals surface area (Å²) in [7, 11) is 2.11. The molecule has 9 heteroatoms. The molecular formula is C34H41N5O3S. The van der Waals surface area contributed by atoms with Gasteiger partial charge in [-0.05, 0) is 91.8 Å². The molecule has 1 saturated carbocycles. The predicted molar refractivity (Wildman–Crippen MR) is 173 cm³/mol. The normalized spacial score (nSPS) is 13.2. The Hall–Kier alpha value is -3.95. The quantitative estimate of drug-likeness (QED) is 0.0562. The van der Waals surface area contributed by atoms with Crippen molar-refractivity contribution in [2.45, 2.75) is 57.9 Å². The van der Waals surface area contributed by atoms with Crippen molar-refractivity contribution in [3.05, 3.63) is 89.1 Å². The molecule has 0 bridgehead atoms. The van der Waals surface area contributed by atoms with Crippen LogP contribution in [0.15, 0.2) is 73.1 Å². The van der Waals surface area contributed by atoms with E-state index in [1.54, 1.807) is 24.3 Å². The monoisotopic (exact) mass is 599 g/mol. The van der Waals surface area contributed by atoms with Crippen molar-refractivity contribution in [3.63, 3.8) is 0 Å². The second-order valence-corrected chi connectivity index (χ2v) is 12.2. The third-order valence-corrected chi connectivity index (χ3v) is 9.00. The zero-order valence-electron chi connectivity index (χ0n) is 24.8. The number of hydrogen-bond donors (Lipinski definition) is 3. The van der Waals surface area contributed by atoms with Gasteiger partial charge in [-0.2, -0.15) is 0 Å². The van der Waals surface area contributed by atoms with Gasteiger partial charge in [0.25, 0.3) is 0 Å². The Balaban J connectivity index is 1.10. The van der Waals surface area contributed by atoms with E-state index >= 15 is 0 Å². The van der Waals surface area contributed by atoms with Crippen molar-refractivity contribution >= 4 is 22.3 Å². The third-order valence-electron chi connectivity index (χ3n) is 7.81. The van der Waals surface area contributed by atoms with Crippen LogP contribution in [-0.2, 0) is 13.0 Å². The molecule has 3 N–H and O–H groups in total. The Morgan fingerprint density at radius 3 is 2.28 bits per heavy atom. The highest BCUT2D eigenvalue weighted by Gasteiger charge is 2.22. The van der Waals surface area contributed by atoms with E-state index in [-0.39, 0.29) is 5.84 Å². The molecule has 1 aliphatic carbocycles. The van der Waals surface area contributed by atoms with Gasteiger partial charge in [-0.15, -0.1) is 11.3 Å². The number of anilines is 1. The fourth-order valence-corrected chi connectivity index (χ4v) is 6.59. The molecule has 0 radical (unpaired) electrons. The highest BCUT2D eigenvalue weighted by atomic mass is 32.1. The topological polar surface area (TPSA) is 104 Å². The number of ether oxygens (including phenoxy) is 2. The largest absolute Gasteiger partial charge is 0.494 e. The molecular weight excluding hydrogens is 558 g/mol. The molecule has 2 heterocycles. The van der Waals surface area contributed by atoms with Crippen LogP contribution in [0.3, 0.4) is 0 Å². The lowest BCUT2D eigenvalue weighted by atomic mass is 10.0. The van der Waals surface area contributed by atoms with Gasteiger partial charge in [0.05, 0.1) is 18.9 Å². The molecule has 1 aliphatic rings. The van der Waals surface area contributed by atoms with Crippen LogP contribution in [-0.4, -0.2) is 41.3 Å². The summed E-state index contributed by atoms with van der Waals surface area (Å²) in [5.41, 5.74) is 5.88. The molecule has 1 fully saturated rings. The number of thiazole rings is 1. The van der Waals surface area contributed by atoms with Crippen LogP contribution in [0.25, 0.3) is 11.3 Å². The molecule has 0 atom stereocenters. The summed E-state index contributed by atoms with van der Waals surface area (Å²) in [4.78, 5) is 13.0. The first kappa shape index (κ1) is 30.5. The van der Waals surface area contributed by atoms with Crippen molar-refractivity contribution in [2.24, 2.45) is 5.92 Å². The van der Waals surface area contributed by atoms with E-state index < -0.39 is 0 Å². The maximum absolute atomic E-state index is 8.82. The van der Waals surface area contributed by atoms with Crippen LogP contribution in [0.5, 0.6) is 11.5 Å². The molecule has 0 unspecified atom stereocenters. The SMILES string of the molecule is CN(Cc1cccnc1)c1nc(-c2ccc(OCCCCCOc3ccc(C(=N)NO)cc3)cc2)c(CC2CCCC2)s1. The minimum Gasteiger partial charge on any atom is -0.494 e. The van der Waals surface area contributed by atoms with Crippen molar-refractivity contribution in [1.82, 2.24) is 15.4 Å². The van der Waals surface area contributed by atoms with Gasteiger partial charge < -0.3 is 14.4 Å². The molecule has 0 amide bonds. The van der Waals surface area contributed by atoms with Crippen LogP contribution < -0.4 is 19.9 Å². The average molecular weight is 600 g/mol. The number of nitrogens with one attached hydrogen (secondary N) is 2. The fourth-order valence-electron chi connectivity index (χ4n) is 5.43. The zero-order chi connectivity index (χ0) is 29.9. The Labute approximate surface area is 258 Å². The number of amidine groups is 1. The highest BCUT2D eigenvalue weighted by Crippen LogP contribution is 2.38. The van der Waals surface area contributed by atoms with Gasteiger partial charge in [0, 0.05) is 42.0 Å². The summed E-state index contributed by atoms with van der Waals surface area (Å²) >= 11 is 1.83. The molecule has 43 heavy (non-hydrogen) atoms. The summed E-state index contributed by atoms with van der Waals surface area (Å²) in [6, 6.07) is 19.6. The molecule has 0 saturated heterocycles. The minimum atomic E-state index is -0.0389. The second kappa shape index (κ2) is 15.5. The average Bonchev–Trinajstić information content (AvgIpc) is 3.72. The van der Waals surface area contributed by atoms with Crippen molar-refractivity contribution in [2.75, 3.05) is 25.2 Å². The molecule has 0 aliphatic heterocycles. The summed E-state index contributed by atoms with van der Waals surface area (Å²) < 4.78 is 11.8. The lowest BCUT2D eigenvalue weighted by Crippen LogP contribution is -2.18. The standard InChI is InChI=1S/C34H41N5O3S/c1-39(24-26-10-7-19-36-23-26)34-37-32(31(43-34)22-25-8-3-4-9-25)27-11-15-29(16-12-27)41-20-5-2-6-21-42-30-17-13-28(14-18-30)33(35)38-40/h7,10-19,23,25,40H,2-6,8-9,20-22,24H2,1H3,(H2,35,38). The molecule has 226 valence electrons. The first-order valence-electron chi connectivity index (χ1n) is 15.1. The Morgan fingerprint density at radius 1 is 0.977 bits per heavy atom. The lowest BCUT2D eigenvalue weighted by Gasteiger charge is -2.15. The van der Waals surface area contributed by atoms with Gasteiger partial charge in [0.2, 0.25) is 0 Å². The smallest absolute Gasteiger partial charge is 0.186 e. The van der Waals surface area contributed by atoms with Gasteiger partial charge in [0.15, 0.2) is 5.13 Å². The van der Waals surface area contributed by atoms with Crippen molar-refractivity contribution in [3.8, 4) is 22.8 Å². The lowest BCUT2D eigenvalue weighted by molar-refractivity contribution is 0.234. The minimum absolute atomic E-state index is 0.0389. The number of benzene rings is 2. The summed E-state index contributed by atoms with van der Waals surface area (Å²) in [6.07, 6.45) is 13.1. The Kier molecular flexibility index (Phi) is 11.0.